The lowest BCUT2D eigenvalue weighted by molar-refractivity contribution is 0.146. The van der Waals surface area contributed by atoms with Gasteiger partial charge in [0, 0.05) is 19.3 Å². The third-order valence-corrected chi connectivity index (χ3v) is 2.84. The van der Waals surface area contributed by atoms with Crippen molar-refractivity contribution in [1.29, 1.82) is 0 Å². The zero-order chi connectivity index (χ0) is 14.2. The first-order valence-corrected chi connectivity index (χ1v) is 6.51. The SMILES string of the molecule is COCCOc1ccc(NCc2ccc(O)cc2)cc1. The van der Waals surface area contributed by atoms with Gasteiger partial charge in [0.15, 0.2) is 0 Å². The van der Waals surface area contributed by atoms with Crippen molar-refractivity contribution in [2.24, 2.45) is 0 Å². The van der Waals surface area contributed by atoms with E-state index in [0.717, 1.165) is 17.0 Å². The van der Waals surface area contributed by atoms with E-state index < -0.39 is 0 Å². The molecule has 106 valence electrons. The molecular weight excluding hydrogens is 254 g/mol. The quantitative estimate of drug-likeness (QED) is 0.761. The maximum absolute atomic E-state index is 9.22. The number of hydrogen-bond donors (Lipinski definition) is 2. The fourth-order valence-electron chi connectivity index (χ4n) is 1.73. The summed E-state index contributed by atoms with van der Waals surface area (Å²) in [4.78, 5) is 0. The highest BCUT2D eigenvalue weighted by Gasteiger charge is 1.97. The Bertz CT molecular complexity index is 508. The zero-order valence-electron chi connectivity index (χ0n) is 11.5. The Hall–Kier alpha value is -2.20. The standard InChI is InChI=1S/C16H19NO3/c1-19-10-11-20-16-8-4-14(5-9-16)17-12-13-2-6-15(18)7-3-13/h2-9,17-18H,10-12H2,1H3. The number of benzene rings is 2. The predicted molar refractivity (Wildman–Crippen MR) is 79.2 cm³/mol. The summed E-state index contributed by atoms with van der Waals surface area (Å²) in [5.41, 5.74) is 2.14. The van der Waals surface area contributed by atoms with Gasteiger partial charge in [0.05, 0.1) is 6.61 Å². The van der Waals surface area contributed by atoms with Gasteiger partial charge in [-0.1, -0.05) is 12.1 Å². The highest BCUT2D eigenvalue weighted by atomic mass is 16.5. The third-order valence-electron chi connectivity index (χ3n) is 2.84. The van der Waals surface area contributed by atoms with Crippen LogP contribution in [0.3, 0.4) is 0 Å². The smallest absolute Gasteiger partial charge is 0.119 e. The Kier molecular flexibility index (Phi) is 5.26. The summed E-state index contributed by atoms with van der Waals surface area (Å²) in [6.45, 7) is 1.85. The Balaban J connectivity index is 1.82. The maximum Gasteiger partial charge on any atom is 0.119 e. The molecule has 0 saturated heterocycles. The van der Waals surface area contributed by atoms with Crippen molar-refractivity contribution in [3.8, 4) is 11.5 Å². The van der Waals surface area contributed by atoms with Gasteiger partial charge in [0.25, 0.3) is 0 Å². The molecule has 0 aliphatic carbocycles. The monoisotopic (exact) mass is 273 g/mol. The van der Waals surface area contributed by atoms with Crippen LogP contribution in [0.4, 0.5) is 5.69 Å². The molecule has 0 unspecified atom stereocenters. The van der Waals surface area contributed by atoms with Crippen LogP contribution >= 0.6 is 0 Å². The Morgan fingerprint density at radius 3 is 2.30 bits per heavy atom. The van der Waals surface area contributed by atoms with Crippen LogP contribution in [0.15, 0.2) is 48.5 Å². The average molecular weight is 273 g/mol. The molecule has 0 fully saturated rings. The van der Waals surface area contributed by atoms with Crippen molar-refractivity contribution in [2.75, 3.05) is 25.6 Å². The van der Waals surface area contributed by atoms with Gasteiger partial charge in [-0.05, 0) is 42.0 Å². The van der Waals surface area contributed by atoms with Gasteiger partial charge in [-0.2, -0.15) is 0 Å². The minimum absolute atomic E-state index is 0.284. The van der Waals surface area contributed by atoms with Crippen molar-refractivity contribution in [2.45, 2.75) is 6.54 Å². The number of aromatic hydroxyl groups is 1. The second kappa shape index (κ2) is 7.40. The van der Waals surface area contributed by atoms with E-state index in [1.807, 2.05) is 36.4 Å². The summed E-state index contributed by atoms with van der Waals surface area (Å²) in [6.07, 6.45) is 0. The molecule has 2 rings (SSSR count). The van der Waals surface area contributed by atoms with Crippen LogP contribution in [0.2, 0.25) is 0 Å². The number of phenols is 1. The third kappa shape index (κ3) is 4.48. The summed E-state index contributed by atoms with van der Waals surface area (Å²) in [5.74, 6) is 1.11. The summed E-state index contributed by atoms with van der Waals surface area (Å²) in [7, 11) is 1.65. The largest absolute Gasteiger partial charge is 0.508 e. The summed E-state index contributed by atoms with van der Waals surface area (Å²) < 4.78 is 10.4. The van der Waals surface area contributed by atoms with E-state index in [1.54, 1.807) is 19.2 Å². The fourth-order valence-corrected chi connectivity index (χ4v) is 1.73. The normalized spacial score (nSPS) is 10.2. The molecule has 0 bridgehead atoms. The van der Waals surface area contributed by atoms with Crippen LogP contribution in [-0.2, 0) is 11.3 Å². The maximum atomic E-state index is 9.22. The number of phenolic OH excluding ortho intramolecular Hbond substituents is 1. The van der Waals surface area contributed by atoms with Crippen LogP contribution in [0.25, 0.3) is 0 Å². The Labute approximate surface area is 119 Å². The van der Waals surface area contributed by atoms with Crippen LogP contribution in [-0.4, -0.2) is 25.4 Å². The van der Waals surface area contributed by atoms with E-state index in [-0.39, 0.29) is 5.75 Å². The van der Waals surface area contributed by atoms with Gasteiger partial charge in [0.1, 0.15) is 18.1 Å². The molecule has 0 aliphatic rings. The number of methoxy groups -OCH3 is 1. The van der Waals surface area contributed by atoms with Gasteiger partial charge in [-0.25, -0.2) is 0 Å². The highest BCUT2D eigenvalue weighted by molar-refractivity contribution is 5.47. The van der Waals surface area contributed by atoms with E-state index >= 15 is 0 Å². The Morgan fingerprint density at radius 2 is 1.65 bits per heavy atom. The van der Waals surface area contributed by atoms with Crippen LogP contribution < -0.4 is 10.1 Å². The van der Waals surface area contributed by atoms with Gasteiger partial charge in [-0.15, -0.1) is 0 Å². The molecule has 20 heavy (non-hydrogen) atoms. The van der Waals surface area contributed by atoms with Crippen LogP contribution in [0.1, 0.15) is 5.56 Å². The first-order valence-electron chi connectivity index (χ1n) is 6.51. The van der Waals surface area contributed by atoms with Crippen molar-refractivity contribution in [1.82, 2.24) is 0 Å². The lowest BCUT2D eigenvalue weighted by Gasteiger charge is -2.09. The molecule has 0 heterocycles. The molecule has 2 aromatic rings. The Morgan fingerprint density at radius 1 is 0.950 bits per heavy atom. The van der Waals surface area contributed by atoms with Crippen LogP contribution in [0, 0.1) is 0 Å². The molecule has 2 N–H and O–H groups in total. The molecule has 4 nitrogen and oxygen atoms in total. The summed E-state index contributed by atoms with van der Waals surface area (Å²) in [6, 6.07) is 15.0. The molecule has 4 heteroatoms. The number of ether oxygens (including phenoxy) is 2. The number of nitrogens with one attached hydrogen (secondary N) is 1. The van der Waals surface area contributed by atoms with Crippen molar-refractivity contribution in [3.63, 3.8) is 0 Å². The molecule has 0 atom stereocenters. The zero-order valence-corrected chi connectivity index (χ0v) is 11.5. The molecule has 2 aromatic carbocycles. The number of rotatable bonds is 7. The minimum atomic E-state index is 0.284. The first-order chi connectivity index (χ1) is 9.78. The molecule has 0 radical (unpaired) electrons. The number of hydrogen-bond acceptors (Lipinski definition) is 4. The van der Waals surface area contributed by atoms with E-state index in [4.69, 9.17) is 9.47 Å². The van der Waals surface area contributed by atoms with E-state index in [9.17, 15) is 5.11 Å². The van der Waals surface area contributed by atoms with Crippen molar-refractivity contribution in [3.05, 3.63) is 54.1 Å². The summed E-state index contributed by atoms with van der Waals surface area (Å²) >= 11 is 0. The molecule has 0 amide bonds. The van der Waals surface area contributed by atoms with E-state index in [2.05, 4.69) is 5.32 Å². The van der Waals surface area contributed by atoms with Crippen molar-refractivity contribution < 1.29 is 14.6 Å². The lowest BCUT2D eigenvalue weighted by Crippen LogP contribution is -2.04. The fraction of sp³-hybridized carbons (Fsp3) is 0.250. The molecule has 0 aliphatic heterocycles. The molecule has 0 saturated carbocycles. The minimum Gasteiger partial charge on any atom is -0.508 e. The molecule has 0 spiro atoms. The van der Waals surface area contributed by atoms with E-state index in [0.29, 0.717) is 19.8 Å². The lowest BCUT2D eigenvalue weighted by atomic mass is 10.2. The number of anilines is 1. The second-order valence-electron chi connectivity index (χ2n) is 4.39. The predicted octanol–water partition coefficient (Wildman–Crippen LogP) is 3.03. The first kappa shape index (κ1) is 14.2. The molecular formula is C16H19NO3. The topological polar surface area (TPSA) is 50.7 Å². The van der Waals surface area contributed by atoms with E-state index in [1.165, 1.54) is 0 Å². The van der Waals surface area contributed by atoms with Gasteiger partial charge < -0.3 is 19.9 Å². The van der Waals surface area contributed by atoms with Gasteiger partial charge in [0.2, 0.25) is 0 Å². The average Bonchev–Trinajstić information content (AvgIpc) is 2.48. The van der Waals surface area contributed by atoms with Crippen LogP contribution in [0.5, 0.6) is 11.5 Å². The van der Waals surface area contributed by atoms with Gasteiger partial charge in [-0.3, -0.25) is 0 Å². The van der Waals surface area contributed by atoms with Crippen molar-refractivity contribution >= 4 is 5.69 Å². The van der Waals surface area contributed by atoms with Gasteiger partial charge >= 0.3 is 0 Å². The summed E-state index contributed by atoms with van der Waals surface area (Å²) in [5, 5.41) is 12.5. The highest BCUT2D eigenvalue weighted by Crippen LogP contribution is 2.17. The molecule has 0 aromatic heterocycles. The second-order valence-corrected chi connectivity index (χ2v) is 4.39.